The number of nitrogens with zero attached hydrogens (tertiary/aromatic N) is 2. The predicted octanol–water partition coefficient (Wildman–Crippen LogP) is 1.99. The molecule has 1 aromatic heterocycles. The Bertz CT molecular complexity index is 998. The molecular weight excluding hydrogens is 314 g/mol. The molecule has 126 valence electrons. The second-order valence-electron chi connectivity index (χ2n) is 6.54. The molecule has 1 N–H and O–H groups in total. The van der Waals surface area contributed by atoms with E-state index >= 15 is 0 Å². The Kier molecular flexibility index (Phi) is 3.84. The van der Waals surface area contributed by atoms with Gasteiger partial charge in [-0.1, -0.05) is 42.5 Å². The van der Waals surface area contributed by atoms with Gasteiger partial charge in [0.1, 0.15) is 6.54 Å². The van der Waals surface area contributed by atoms with Crippen molar-refractivity contribution in [2.45, 2.75) is 32.4 Å². The fourth-order valence-electron chi connectivity index (χ4n) is 3.58. The second-order valence-corrected chi connectivity index (χ2v) is 6.54. The highest BCUT2D eigenvalue weighted by Crippen LogP contribution is 2.21. The normalized spacial score (nSPS) is 13.8. The summed E-state index contributed by atoms with van der Waals surface area (Å²) in [5.41, 5.74) is 3.08. The molecule has 1 heterocycles. The number of amides is 1. The number of hydrogen-bond acceptors (Lipinski definition) is 3. The van der Waals surface area contributed by atoms with Gasteiger partial charge in [-0.25, -0.2) is 4.68 Å². The number of aromatic nitrogens is 2. The SMILES string of the molecule is Cc1nn(CC(=O)NC2Cc3ccccc3C2)c(=O)c2ccccc12. The van der Waals surface area contributed by atoms with Crippen LogP contribution >= 0.6 is 0 Å². The average molecular weight is 333 g/mol. The van der Waals surface area contributed by atoms with Gasteiger partial charge in [-0.3, -0.25) is 9.59 Å². The van der Waals surface area contributed by atoms with Gasteiger partial charge in [-0.05, 0) is 37.0 Å². The first-order chi connectivity index (χ1) is 12.1. The zero-order valence-corrected chi connectivity index (χ0v) is 14.0. The summed E-state index contributed by atoms with van der Waals surface area (Å²) >= 11 is 0. The van der Waals surface area contributed by atoms with Gasteiger partial charge in [0.15, 0.2) is 0 Å². The van der Waals surface area contributed by atoms with Gasteiger partial charge in [0.05, 0.1) is 11.1 Å². The van der Waals surface area contributed by atoms with Crippen LogP contribution in [0.25, 0.3) is 10.8 Å². The fourth-order valence-corrected chi connectivity index (χ4v) is 3.58. The molecular formula is C20H19N3O2. The van der Waals surface area contributed by atoms with Crippen LogP contribution in [0, 0.1) is 6.92 Å². The number of nitrogens with one attached hydrogen (secondary N) is 1. The van der Waals surface area contributed by atoms with Gasteiger partial charge in [0.2, 0.25) is 5.91 Å². The molecule has 4 rings (SSSR count). The summed E-state index contributed by atoms with van der Waals surface area (Å²) in [6.45, 7) is 1.79. The Morgan fingerprint density at radius 1 is 1.08 bits per heavy atom. The minimum Gasteiger partial charge on any atom is -0.351 e. The average Bonchev–Trinajstić information content (AvgIpc) is 3.01. The number of hydrogen-bond donors (Lipinski definition) is 1. The molecule has 0 atom stereocenters. The van der Waals surface area contributed by atoms with Crippen molar-refractivity contribution in [1.29, 1.82) is 0 Å². The highest BCUT2D eigenvalue weighted by molar-refractivity contribution is 5.83. The molecule has 1 aliphatic carbocycles. The highest BCUT2D eigenvalue weighted by atomic mass is 16.2. The number of carbonyl (C=O) groups is 1. The lowest BCUT2D eigenvalue weighted by molar-refractivity contribution is -0.122. The predicted molar refractivity (Wildman–Crippen MR) is 96.5 cm³/mol. The van der Waals surface area contributed by atoms with Gasteiger partial charge in [0, 0.05) is 11.4 Å². The van der Waals surface area contributed by atoms with Crippen LogP contribution in [0.4, 0.5) is 0 Å². The monoisotopic (exact) mass is 333 g/mol. The number of fused-ring (bicyclic) bond motifs is 2. The molecule has 5 nitrogen and oxygen atoms in total. The standard InChI is InChI=1S/C20H19N3O2/c1-13-17-8-4-5-9-18(17)20(25)23(22-13)12-19(24)21-16-10-14-6-2-3-7-15(14)11-16/h2-9,16H,10-12H2,1H3,(H,21,24). The first-order valence-corrected chi connectivity index (χ1v) is 8.44. The topological polar surface area (TPSA) is 64.0 Å². The molecule has 0 aliphatic heterocycles. The molecule has 2 aromatic carbocycles. The Balaban J connectivity index is 1.51. The molecule has 0 bridgehead atoms. The van der Waals surface area contributed by atoms with Gasteiger partial charge < -0.3 is 5.32 Å². The van der Waals surface area contributed by atoms with Crippen molar-refractivity contribution >= 4 is 16.7 Å². The zero-order valence-electron chi connectivity index (χ0n) is 14.0. The summed E-state index contributed by atoms with van der Waals surface area (Å²) in [6, 6.07) is 15.7. The van der Waals surface area contributed by atoms with E-state index in [-0.39, 0.29) is 24.1 Å². The summed E-state index contributed by atoms with van der Waals surface area (Å²) in [5.74, 6) is -0.179. The third-order valence-corrected chi connectivity index (χ3v) is 4.76. The van der Waals surface area contributed by atoms with E-state index < -0.39 is 0 Å². The summed E-state index contributed by atoms with van der Waals surface area (Å²) < 4.78 is 1.26. The van der Waals surface area contributed by atoms with Crippen LogP contribution in [0.1, 0.15) is 16.8 Å². The second kappa shape index (κ2) is 6.16. The van der Waals surface area contributed by atoms with Crippen LogP contribution in [-0.2, 0) is 24.2 Å². The fraction of sp³-hybridized carbons (Fsp3) is 0.250. The highest BCUT2D eigenvalue weighted by Gasteiger charge is 2.22. The lowest BCUT2D eigenvalue weighted by Gasteiger charge is -2.13. The minimum absolute atomic E-state index is 0.0582. The Labute approximate surface area is 145 Å². The van der Waals surface area contributed by atoms with Crippen LogP contribution in [0.2, 0.25) is 0 Å². The van der Waals surface area contributed by atoms with Crippen molar-refractivity contribution < 1.29 is 4.79 Å². The molecule has 0 saturated heterocycles. The molecule has 1 amide bonds. The maximum Gasteiger partial charge on any atom is 0.275 e. The van der Waals surface area contributed by atoms with Crippen LogP contribution in [-0.4, -0.2) is 21.7 Å². The molecule has 25 heavy (non-hydrogen) atoms. The first-order valence-electron chi connectivity index (χ1n) is 8.44. The lowest BCUT2D eigenvalue weighted by Crippen LogP contribution is -2.40. The van der Waals surface area contributed by atoms with Crippen molar-refractivity contribution in [3.63, 3.8) is 0 Å². The van der Waals surface area contributed by atoms with Crippen LogP contribution in [0.15, 0.2) is 53.3 Å². The first kappa shape index (κ1) is 15.6. The van der Waals surface area contributed by atoms with Gasteiger partial charge in [-0.2, -0.15) is 5.10 Å². The van der Waals surface area contributed by atoms with Crippen molar-refractivity contribution in [1.82, 2.24) is 15.1 Å². The summed E-state index contributed by atoms with van der Waals surface area (Å²) in [6.07, 6.45) is 1.67. The van der Waals surface area contributed by atoms with Crippen molar-refractivity contribution in [2.75, 3.05) is 0 Å². The molecule has 3 aromatic rings. The summed E-state index contributed by atoms with van der Waals surface area (Å²) in [4.78, 5) is 25.0. The van der Waals surface area contributed by atoms with E-state index in [1.165, 1.54) is 15.8 Å². The third-order valence-electron chi connectivity index (χ3n) is 4.76. The summed E-state index contributed by atoms with van der Waals surface area (Å²) in [7, 11) is 0. The molecule has 0 unspecified atom stereocenters. The van der Waals surface area contributed by atoms with Gasteiger partial charge >= 0.3 is 0 Å². The molecule has 5 heteroatoms. The molecule has 0 fully saturated rings. The Morgan fingerprint density at radius 2 is 1.68 bits per heavy atom. The van der Waals surface area contributed by atoms with E-state index in [0.29, 0.717) is 5.39 Å². The maximum atomic E-state index is 12.6. The molecule has 0 radical (unpaired) electrons. The van der Waals surface area contributed by atoms with Crippen molar-refractivity contribution in [3.05, 3.63) is 75.7 Å². The number of aryl methyl sites for hydroxylation is 1. The van der Waals surface area contributed by atoms with Crippen LogP contribution in [0.5, 0.6) is 0 Å². The maximum absolute atomic E-state index is 12.6. The van der Waals surface area contributed by atoms with E-state index in [4.69, 9.17) is 0 Å². The quantitative estimate of drug-likeness (QED) is 0.797. The largest absolute Gasteiger partial charge is 0.351 e. The van der Waals surface area contributed by atoms with Crippen molar-refractivity contribution in [3.8, 4) is 0 Å². The smallest absolute Gasteiger partial charge is 0.275 e. The van der Waals surface area contributed by atoms with E-state index in [1.54, 1.807) is 6.07 Å². The summed E-state index contributed by atoms with van der Waals surface area (Å²) in [5, 5.41) is 8.75. The van der Waals surface area contributed by atoms with E-state index in [0.717, 1.165) is 23.9 Å². The Hall–Kier alpha value is -2.95. The van der Waals surface area contributed by atoms with Crippen LogP contribution in [0.3, 0.4) is 0 Å². The number of benzene rings is 2. The van der Waals surface area contributed by atoms with Crippen LogP contribution < -0.4 is 10.9 Å². The minimum atomic E-state index is -0.231. The van der Waals surface area contributed by atoms with E-state index in [1.807, 2.05) is 37.3 Å². The lowest BCUT2D eigenvalue weighted by atomic mass is 10.1. The zero-order chi connectivity index (χ0) is 17.4. The Morgan fingerprint density at radius 3 is 2.36 bits per heavy atom. The number of carbonyl (C=O) groups excluding carboxylic acids is 1. The molecule has 0 saturated carbocycles. The van der Waals surface area contributed by atoms with E-state index in [9.17, 15) is 9.59 Å². The number of rotatable bonds is 3. The molecule has 1 aliphatic rings. The third kappa shape index (κ3) is 2.93. The van der Waals surface area contributed by atoms with Crippen molar-refractivity contribution in [2.24, 2.45) is 0 Å². The van der Waals surface area contributed by atoms with Gasteiger partial charge in [-0.15, -0.1) is 0 Å². The van der Waals surface area contributed by atoms with Gasteiger partial charge in [0.25, 0.3) is 5.56 Å². The molecule has 0 spiro atoms. The van der Waals surface area contributed by atoms with E-state index in [2.05, 4.69) is 22.5 Å².